The van der Waals surface area contributed by atoms with E-state index in [9.17, 15) is 14.4 Å². The molecule has 1 fully saturated rings. The lowest BCUT2D eigenvalue weighted by Gasteiger charge is -2.15. The summed E-state index contributed by atoms with van der Waals surface area (Å²) < 4.78 is 0. The summed E-state index contributed by atoms with van der Waals surface area (Å²) >= 11 is 5.80. The number of halogens is 1. The molecule has 4 amide bonds. The van der Waals surface area contributed by atoms with Gasteiger partial charge in [-0.15, -0.1) is 0 Å². The van der Waals surface area contributed by atoms with Crippen molar-refractivity contribution in [1.29, 1.82) is 0 Å². The first-order valence-electron chi connectivity index (χ1n) is 7.45. The molecule has 0 bridgehead atoms. The third-order valence-corrected chi connectivity index (χ3v) is 3.88. The van der Waals surface area contributed by atoms with E-state index in [1.165, 1.54) is 0 Å². The number of rotatable bonds is 6. The van der Waals surface area contributed by atoms with Gasteiger partial charge in [0, 0.05) is 24.5 Å². The SMILES string of the molecule is CC1(C)NC(=O)N(CCCC(=O)NCc2ccc(Cl)cc2)C1=O. The number of hydrogen-bond donors (Lipinski definition) is 2. The van der Waals surface area contributed by atoms with Crippen LogP contribution in [0.15, 0.2) is 24.3 Å². The highest BCUT2D eigenvalue weighted by atomic mass is 35.5. The monoisotopic (exact) mass is 337 g/mol. The molecule has 23 heavy (non-hydrogen) atoms. The second kappa shape index (κ2) is 7.00. The van der Waals surface area contributed by atoms with Gasteiger partial charge in [-0.25, -0.2) is 4.79 Å². The molecule has 1 aromatic rings. The van der Waals surface area contributed by atoms with Gasteiger partial charge in [0.15, 0.2) is 0 Å². The number of nitrogens with one attached hydrogen (secondary N) is 2. The Morgan fingerprint density at radius 2 is 1.91 bits per heavy atom. The van der Waals surface area contributed by atoms with Crippen molar-refractivity contribution in [3.05, 3.63) is 34.9 Å². The summed E-state index contributed by atoms with van der Waals surface area (Å²) in [5.41, 5.74) is 0.0899. The fourth-order valence-corrected chi connectivity index (χ4v) is 2.44. The van der Waals surface area contributed by atoms with Gasteiger partial charge in [0.2, 0.25) is 5.91 Å². The summed E-state index contributed by atoms with van der Waals surface area (Å²) in [6, 6.07) is 6.82. The van der Waals surface area contributed by atoms with Gasteiger partial charge in [-0.1, -0.05) is 23.7 Å². The van der Waals surface area contributed by atoms with Crippen LogP contribution in [-0.4, -0.2) is 34.8 Å². The van der Waals surface area contributed by atoms with Crippen LogP contribution in [-0.2, 0) is 16.1 Å². The van der Waals surface area contributed by atoms with Crippen molar-refractivity contribution in [2.24, 2.45) is 0 Å². The molecule has 1 aromatic carbocycles. The van der Waals surface area contributed by atoms with Crippen molar-refractivity contribution in [3.8, 4) is 0 Å². The van der Waals surface area contributed by atoms with Crippen molar-refractivity contribution in [1.82, 2.24) is 15.5 Å². The normalized spacial score (nSPS) is 16.4. The summed E-state index contributed by atoms with van der Waals surface area (Å²) in [6.07, 6.45) is 0.687. The van der Waals surface area contributed by atoms with Crippen molar-refractivity contribution >= 4 is 29.4 Å². The van der Waals surface area contributed by atoms with Crippen molar-refractivity contribution in [2.75, 3.05) is 6.54 Å². The van der Waals surface area contributed by atoms with E-state index in [1.807, 2.05) is 12.1 Å². The van der Waals surface area contributed by atoms with Crippen LogP contribution >= 0.6 is 11.6 Å². The first-order chi connectivity index (χ1) is 10.8. The number of hydrogen-bond acceptors (Lipinski definition) is 3. The molecule has 2 rings (SSSR count). The van der Waals surface area contributed by atoms with E-state index in [0.29, 0.717) is 18.0 Å². The van der Waals surface area contributed by atoms with E-state index in [1.54, 1.807) is 26.0 Å². The van der Waals surface area contributed by atoms with Crippen LogP contribution in [0.4, 0.5) is 4.79 Å². The van der Waals surface area contributed by atoms with E-state index in [0.717, 1.165) is 10.5 Å². The smallest absolute Gasteiger partial charge is 0.325 e. The Kier molecular flexibility index (Phi) is 5.26. The minimum atomic E-state index is -0.867. The highest BCUT2D eigenvalue weighted by Crippen LogP contribution is 2.17. The summed E-state index contributed by atoms with van der Waals surface area (Å²) in [5.74, 6) is -0.379. The molecule has 1 saturated heterocycles. The largest absolute Gasteiger partial charge is 0.352 e. The Morgan fingerprint density at radius 1 is 1.26 bits per heavy atom. The molecular formula is C16H20ClN3O3. The molecule has 0 radical (unpaired) electrons. The molecule has 0 aliphatic carbocycles. The number of imide groups is 1. The molecule has 0 atom stereocenters. The predicted octanol–water partition coefficient (Wildman–Crippen LogP) is 2.07. The molecule has 1 aliphatic rings. The van der Waals surface area contributed by atoms with Gasteiger partial charge >= 0.3 is 6.03 Å². The maximum Gasteiger partial charge on any atom is 0.325 e. The topological polar surface area (TPSA) is 78.5 Å². The highest BCUT2D eigenvalue weighted by molar-refractivity contribution is 6.30. The second-order valence-electron chi connectivity index (χ2n) is 6.02. The molecule has 0 unspecified atom stereocenters. The lowest BCUT2D eigenvalue weighted by molar-refractivity contribution is -0.130. The van der Waals surface area contributed by atoms with Gasteiger partial charge in [-0.05, 0) is 38.0 Å². The standard InChI is InChI=1S/C16H20ClN3O3/c1-16(2)14(22)20(15(23)19-16)9-3-4-13(21)18-10-11-5-7-12(17)8-6-11/h5-8H,3-4,9-10H2,1-2H3,(H,18,21)(H,19,23). The highest BCUT2D eigenvalue weighted by Gasteiger charge is 2.43. The molecule has 0 spiro atoms. The van der Waals surface area contributed by atoms with Crippen LogP contribution in [0.3, 0.4) is 0 Å². The maximum absolute atomic E-state index is 12.0. The van der Waals surface area contributed by atoms with Crippen molar-refractivity contribution in [3.63, 3.8) is 0 Å². The fourth-order valence-electron chi connectivity index (χ4n) is 2.31. The van der Waals surface area contributed by atoms with Crippen LogP contribution in [0, 0.1) is 0 Å². The average Bonchev–Trinajstić information content (AvgIpc) is 2.68. The number of urea groups is 1. The molecule has 7 heteroatoms. The first-order valence-corrected chi connectivity index (χ1v) is 7.82. The zero-order chi connectivity index (χ0) is 17.0. The van der Waals surface area contributed by atoms with E-state index >= 15 is 0 Å². The summed E-state index contributed by atoms with van der Waals surface area (Å²) in [5, 5.41) is 6.05. The van der Waals surface area contributed by atoms with Crippen LogP contribution in [0.1, 0.15) is 32.3 Å². The van der Waals surface area contributed by atoms with Gasteiger partial charge in [0.1, 0.15) is 5.54 Å². The summed E-state index contributed by atoms with van der Waals surface area (Å²) in [7, 11) is 0. The third-order valence-electron chi connectivity index (χ3n) is 3.63. The van der Waals surface area contributed by atoms with Gasteiger partial charge in [0.05, 0.1) is 0 Å². The van der Waals surface area contributed by atoms with E-state index in [2.05, 4.69) is 10.6 Å². The Morgan fingerprint density at radius 3 is 2.48 bits per heavy atom. The number of carbonyl (C=O) groups is 3. The quantitative estimate of drug-likeness (QED) is 0.780. The van der Waals surface area contributed by atoms with Gasteiger partial charge < -0.3 is 10.6 Å². The van der Waals surface area contributed by atoms with E-state index in [4.69, 9.17) is 11.6 Å². The van der Waals surface area contributed by atoms with Gasteiger partial charge in [-0.2, -0.15) is 0 Å². The molecule has 124 valence electrons. The molecule has 0 aromatic heterocycles. The molecule has 1 heterocycles. The fraction of sp³-hybridized carbons (Fsp3) is 0.438. The predicted molar refractivity (Wildman–Crippen MR) is 86.9 cm³/mol. The number of benzene rings is 1. The van der Waals surface area contributed by atoms with Gasteiger partial charge in [0.25, 0.3) is 5.91 Å². The van der Waals surface area contributed by atoms with Crippen LogP contribution < -0.4 is 10.6 Å². The Hall–Kier alpha value is -2.08. The van der Waals surface area contributed by atoms with E-state index in [-0.39, 0.29) is 24.8 Å². The van der Waals surface area contributed by atoms with Crippen molar-refractivity contribution < 1.29 is 14.4 Å². The lowest BCUT2D eigenvalue weighted by atomic mass is 10.1. The Labute approximate surface area is 140 Å². The van der Waals surface area contributed by atoms with E-state index < -0.39 is 11.6 Å². The molecule has 2 N–H and O–H groups in total. The van der Waals surface area contributed by atoms with Crippen molar-refractivity contribution in [2.45, 2.75) is 38.8 Å². The zero-order valence-electron chi connectivity index (χ0n) is 13.2. The lowest BCUT2D eigenvalue weighted by Crippen LogP contribution is -2.40. The summed E-state index contributed by atoms with van der Waals surface area (Å²) in [6.45, 7) is 3.98. The van der Waals surface area contributed by atoms with Crippen LogP contribution in [0.2, 0.25) is 5.02 Å². The van der Waals surface area contributed by atoms with Crippen LogP contribution in [0.5, 0.6) is 0 Å². The molecule has 0 saturated carbocycles. The Balaban J connectivity index is 1.72. The average molecular weight is 338 g/mol. The zero-order valence-corrected chi connectivity index (χ0v) is 13.9. The third kappa shape index (κ3) is 4.45. The second-order valence-corrected chi connectivity index (χ2v) is 6.46. The molecular weight excluding hydrogens is 318 g/mol. The molecule has 1 aliphatic heterocycles. The number of amides is 4. The maximum atomic E-state index is 12.0. The Bertz CT molecular complexity index is 614. The summed E-state index contributed by atoms with van der Waals surface area (Å²) in [4.78, 5) is 36.6. The van der Waals surface area contributed by atoms with Crippen LogP contribution in [0.25, 0.3) is 0 Å². The van der Waals surface area contributed by atoms with Gasteiger partial charge in [-0.3, -0.25) is 14.5 Å². The number of carbonyl (C=O) groups excluding carboxylic acids is 3. The first kappa shape index (κ1) is 17.3. The minimum Gasteiger partial charge on any atom is -0.352 e. The minimum absolute atomic E-state index is 0.119. The number of nitrogens with zero attached hydrogens (tertiary/aromatic N) is 1. The molecule has 6 nitrogen and oxygen atoms in total.